The van der Waals surface area contributed by atoms with Gasteiger partial charge < -0.3 is 43.4 Å². The molecule has 0 bridgehead atoms. The molecule has 3 saturated heterocycles. The summed E-state index contributed by atoms with van der Waals surface area (Å²) in [5.41, 5.74) is -8.64. The highest BCUT2D eigenvalue weighted by atomic mass is 16.8. The van der Waals surface area contributed by atoms with Gasteiger partial charge in [-0.2, -0.15) is 0 Å². The van der Waals surface area contributed by atoms with Crippen molar-refractivity contribution in [3.8, 4) is 0 Å². The van der Waals surface area contributed by atoms with Crippen molar-refractivity contribution in [2.24, 2.45) is 57.7 Å². The Morgan fingerprint density at radius 1 is 0.889 bits per heavy atom. The largest absolute Gasteiger partial charge is 0.462 e. The molecule has 8 fully saturated rings. The Balaban J connectivity index is 1.38. The summed E-state index contributed by atoms with van der Waals surface area (Å²) < 4.78 is 42.9. The number of carbonyl (C=O) groups is 6. The van der Waals surface area contributed by atoms with Gasteiger partial charge in [-0.15, -0.1) is 0 Å². The van der Waals surface area contributed by atoms with Crippen LogP contribution in [-0.4, -0.2) is 106 Å². The van der Waals surface area contributed by atoms with Crippen LogP contribution in [0.15, 0.2) is 0 Å². The summed E-state index contributed by atoms with van der Waals surface area (Å²) in [6.45, 7) is 15.9. The van der Waals surface area contributed by atoms with Crippen LogP contribution in [0.4, 0.5) is 0 Å². The van der Waals surface area contributed by atoms with E-state index in [1.54, 1.807) is 13.8 Å². The second-order valence-corrected chi connectivity index (χ2v) is 18.7. The molecule has 0 radical (unpaired) electrons. The van der Waals surface area contributed by atoms with Crippen molar-refractivity contribution in [2.45, 2.75) is 148 Å². The number of fused-ring (bicyclic) bond motifs is 9. The van der Waals surface area contributed by atoms with Crippen LogP contribution < -0.4 is 0 Å². The van der Waals surface area contributed by atoms with Gasteiger partial charge in [0.25, 0.3) is 0 Å². The van der Waals surface area contributed by atoms with E-state index in [-0.39, 0.29) is 25.2 Å². The number of epoxide rings is 2. The molecule has 298 valence electrons. The predicted molar refractivity (Wildman–Crippen MR) is 179 cm³/mol. The maximum absolute atomic E-state index is 15.1. The minimum Gasteiger partial charge on any atom is -0.462 e. The summed E-state index contributed by atoms with van der Waals surface area (Å²) >= 11 is 0. The molecule has 15 nitrogen and oxygen atoms in total. The lowest BCUT2D eigenvalue weighted by Crippen LogP contribution is -2.77. The summed E-state index contributed by atoms with van der Waals surface area (Å²) in [6.07, 6.45) is -6.81. The van der Waals surface area contributed by atoms with Gasteiger partial charge in [-0.25, -0.2) is 4.79 Å². The van der Waals surface area contributed by atoms with E-state index >= 15 is 4.79 Å². The highest BCUT2D eigenvalue weighted by molar-refractivity contribution is 5.95. The average Bonchev–Trinajstić information content (AvgIpc) is 3.94. The van der Waals surface area contributed by atoms with Crippen molar-refractivity contribution in [3.63, 3.8) is 0 Å². The van der Waals surface area contributed by atoms with Crippen LogP contribution in [0.3, 0.4) is 0 Å². The molecule has 15 heteroatoms. The standard InChI is InChI=1S/C39H52O15/c1-14(2)11-22(43)52-32-27-20(51-27)13-38(47)30(44)28(49-17(5)41)23-19(35(32,38)8)12-21(48-16(4)40)34(7)24-15(3)31-39(53-31)36(9,37(10,46)33(45)54-39)26(24)29(25(23)34)50-18(6)42/h14-15,19-21,23-29,31-32,46-47H,11-13H2,1-10H3/t15-,19?,20-,21-,23?,24-,25+,26-,27-,28?,29+,31+,32-,34+,35-,36-,37+,38-,39-/m0/s1. The van der Waals surface area contributed by atoms with Gasteiger partial charge in [0.2, 0.25) is 11.6 Å². The third kappa shape index (κ3) is 4.33. The summed E-state index contributed by atoms with van der Waals surface area (Å²) in [6, 6.07) is 0. The van der Waals surface area contributed by atoms with Crippen molar-refractivity contribution >= 4 is 35.6 Å². The first kappa shape index (κ1) is 37.8. The Labute approximate surface area is 313 Å². The number of ketones is 1. The molecule has 8 rings (SSSR count). The van der Waals surface area contributed by atoms with Gasteiger partial charge in [0.05, 0.1) is 11.5 Å². The van der Waals surface area contributed by atoms with E-state index in [0.717, 1.165) is 6.92 Å². The Hall–Kier alpha value is -3.14. The molecule has 2 N–H and O–H groups in total. The molecule has 1 spiro atoms. The second-order valence-electron chi connectivity index (χ2n) is 18.7. The Bertz CT molecular complexity index is 1740. The molecule has 54 heavy (non-hydrogen) atoms. The molecule has 0 aromatic carbocycles. The van der Waals surface area contributed by atoms with Crippen molar-refractivity contribution in [3.05, 3.63) is 0 Å². The lowest BCUT2D eigenvalue weighted by molar-refractivity contribution is -0.270. The van der Waals surface area contributed by atoms with Crippen LogP contribution in [0.5, 0.6) is 0 Å². The van der Waals surface area contributed by atoms with Crippen molar-refractivity contribution in [2.75, 3.05) is 0 Å². The average molecular weight is 761 g/mol. The van der Waals surface area contributed by atoms with E-state index < -0.39 is 147 Å². The molecule has 0 aromatic heterocycles. The van der Waals surface area contributed by atoms with Crippen molar-refractivity contribution < 1.29 is 72.1 Å². The SMILES string of the molecule is CC(=O)OC1C(=O)[C@@]2(O)C[C@@H]3O[C@@H]3[C@H](OC(=O)CC(C)C)[C@]2(C)C2C[C@H](OC(C)=O)[C@]3(C)[C@H]4[C@H](C)[C@H]5O[C@]56OC(=O)[C@@](C)(O)[C@]6(C)[C@@H]4[C@H](OC(C)=O)[C@H]3C12. The minimum absolute atomic E-state index is 0.0264. The Morgan fingerprint density at radius 3 is 2.11 bits per heavy atom. The highest BCUT2D eigenvalue weighted by Crippen LogP contribution is 2.81. The first-order valence-electron chi connectivity index (χ1n) is 19.2. The van der Waals surface area contributed by atoms with Gasteiger partial charge in [0, 0.05) is 62.2 Å². The van der Waals surface area contributed by atoms with E-state index in [4.69, 9.17) is 33.2 Å². The third-order valence-corrected chi connectivity index (χ3v) is 15.7. The van der Waals surface area contributed by atoms with Gasteiger partial charge in [0.1, 0.15) is 36.1 Å². The number of hydrogen-bond donors (Lipinski definition) is 2. The normalized spacial score (nSPS) is 54.3. The van der Waals surface area contributed by atoms with Gasteiger partial charge in [-0.05, 0) is 43.9 Å². The number of carbonyl (C=O) groups excluding carboxylic acids is 6. The van der Waals surface area contributed by atoms with Gasteiger partial charge >= 0.3 is 29.8 Å². The van der Waals surface area contributed by atoms with Gasteiger partial charge in [-0.1, -0.05) is 34.6 Å². The highest BCUT2D eigenvalue weighted by Gasteiger charge is 2.93. The first-order chi connectivity index (χ1) is 24.9. The van der Waals surface area contributed by atoms with Crippen LogP contribution in [-0.2, 0) is 61.9 Å². The maximum atomic E-state index is 15.1. The summed E-state index contributed by atoms with van der Waals surface area (Å²) in [5, 5.41) is 24.9. The van der Waals surface area contributed by atoms with E-state index in [1.165, 1.54) is 20.8 Å². The molecule has 3 unspecified atom stereocenters. The van der Waals surface area contributed by atoms with E-state index in [2.05, 4.69) is 0 Å². The molecular weight excluding hydrogens is 708 g/mol. The number of Topliss-reactive ketones (excluding diaryl/α,β-unsaturated/α-hetero) is 1. The summed E-state index contributed by atoms with van der Waals surface area (Å²) in [5.74, 6) is -10.6. The molecule has 3 heterocycles. The number of rotatable bonds is 6. The first-order valence-corrected chi connectivity index (χ1v) is 19.2. The van der Waals surface area contributed by atoms with E-state index in [9.17, 15) is 34.2 Å². The number of aliphatic hydroxyl groups is 2. The monoisotopic (exact) mass is 760 g/mol. The molecule has 5 saturated carbocycles. The molecule has 0 aromatic rings. The van der Waals surface area contributed by atoms with Crippen LogP contribution in [0.1, 0.15) is 88.5 Å². The molecule has 8 aliphatic rings. The fraction of sp³-hybridized carbons (Fsp3) is 0.846. The van der Waals surface area contributed by atoms with E-state index in [1.807, 2.05) is 27.7 Å². The molecule has 3 aliphatic heterocycles. The quantitative estimate of drug-likeness (QED) is 0.224. The smallest absolute Gasteiger partial charge is 0.341 e. The Morgan fingerprint density at radius 2 is 1.52 bits per heavy atom. The van der Waals surface area contributed by atoms with Crippen LogP contribution >= 0.6 is 0 Å². The van der Waals surface area contributed by atoms with E-state index in [0.29, 0.717) is 0 Å². The zero-order chi connectivity index (χ0) is 39.6. The molecule has 19 atom stereocenters. The maximum Gasteiger partial charge on any atom is 0.341 e. The molecule has 0 amide bonds. The predicted octanol–water partition coefficient (Wildman–Crippen LogP) is 1.79. The fourth-order valence-corrected chi connectivity index (χ4v) is 13.4. The fourth-order valence-electron chi connectivity index (χ4n) is 13.4. The lowest BCUT2D eigenvalue weighted by atomic mass is 9.40. The van der Waals surface area contributed by atoms with Crippen LogP contribution in [0, 0.1) is 57.7 Å². The van der Waals surface area contributed by atoms with Crippen molar-refractivity contribution in [1.29, 1.82) is 0 Å². The zero-order valence-electron chi connectivity index (χ0n) is 32.4. The minimum atomic E-state index is -2.22. The lowest BCUT2D eigenvalue weighted by Gasteiger charge is -2.65. The third-order valence-electron chi connectivity index (χ3n) is 15.7. The van der Waals surface area contributed by atoms with Crippen LogP contribution in [0.2, 0.25) is 0 Å². The van der Waals surface area contributed by atoms with Gasteiger partial charge in [-0.3, -0.25) is 24.0 Å². The topological polar surface area (TPSA) is 214 Å². The van der Waals surface area contributed by atoms with Gasteiger partial charge in [0.15, 0.2) is 11.7 Å². The second kappa shape index (κ2) is 11.3. The molecular formula is C39H52O15. The Kier molecular flexibility index (Phi) is 7.87. The van der Waals surface area contributed by atoms with Crippen LogP contribution in [0.25, 0.3) is 0 Å². The molecule has 5 aliphatic carbocycles. The van der Waals surface area contributed by atoms with Crippen molar-refractivity contribution in [1.82, 2.24) is 0 Å². The number of ether oxygens (including phenoxy) is 7. The zero-order valence-corrected chi connectivity index (χ0v) is 32.4. The number of hydrogen-bond acceptors (Lipinski definition) is 15. The summed E-state index contributed by atoms with van der Waals surface area (Å²) in [4.78, 5) is 81.4. The number of esters is 5. The summed E-state index contributed by atoms with van der Waals surface area (Å²) in [7, 11) is 0.